The molecule has 2 aromatic heterocycles. The summed E-state index contributed by atoms with van der Waals surface area (Å²) in [6, 6.07) is 40.7. The van der Waals surface area contributed by atoms with Crippen molar-refractivity contribution >= 4 is 161 Å². The number of terminal acetylenes is 1. The van der Waals surface area contributed by atoms with Crippen molar-refractivity contribution in [3.8, 4) is 23.5 Å². The van der Waals surface area contributed by atoms with Gasteiger partial charge in [0.05, 0.1) is 6.04 Å². The van der Waals surface area contributed by atoms with E-state index in [0.29, 0.717) is 6.54 Å². The average molecular weight is 774 g/mol. The monoisotopic (exact) mass is 775 g/mol. The summed E-state index contributed by atoms with van der Waals surface area (Å²) < 4.78 is 12.8. The Morgan fingerprint density at radius 1 is 0.574 bits per heavy atom. The minimum atomic E-state index is 0.0555. The van der Waals surface area contributed by atoms with Crippen LogP contribution in [0.3, 0.4) is 0 Å². The molecule has 0 aliphatic heterocycles. The van der Waals surface area contributed by atoms with Crippen LogP contribution >= 0.6 is 0 Å². The van der Waals surface area contributed by atoms with Crippen LogP contribution in [0.5, 0.6) is 0 Å². The van der Waals surface area contributed by atoms with Gasteiger partial charge in [-0.15, -0.1) is 6.42 Å². The van der Waals surface area contributed by atoms with Crippen molar-refractivity contribution in [3.05, 3.63) is 159 Å². The molecule has 13 heteroatoms. The van der Waals surface area contributed by atoms with Gasteiger partial charge in [-0.25, -0.2) is 0 Å². The summed E-state index contributed by atoms with van der Waals surface area (Å²) in [4.78, 5) is 2.69. The normalized spacial score (nSPS) is 15.2. The maximum Gasteiger partial charge on any atom is 0.151 e. The molecule has 0 bridgehead atoms. The predicted octanol–water partition coefficient (Wildman–Crippen LogP) is -0.948. The SMILES string of the molecule is BC1=C(B)C(N(C/C(B)=C(B)\C(=C(\B)C#C)c2ccc3c(c2)oc2ccccc23)c2c(B)c(B)c(-c3ccc4c(c3)oc3ccccc34)c(B)c2B)C(B)=C1c1ccccc1. The van der Waals surface area contributed by atoms with Crippen LogP contribution in [0.1, 0.15) is 11.1 Å². The fourth-order valence-electron chi connectivity index (χ4n) is 10.3. The Bertz CT molecular complexity index is 3280. The molecule has 0 radical (unpaired) electrons. The number of allylic oxidation sites excluding steroid dienone is 5. The molecule has 9 rings (SSSR count). The zero-order valence-corrected chi connectivity index (χ0v) is 37.1. The molecule has 2 heterocycles. The third-order valence-corrected chi connectivity index (χ3v) is 13.8. The van der Waals surface area contributed by atoms with E-state index in [1.54, 1.807) is 0 Å². The van der Waals surface area contributed by atoms with Crippen LogP contribution in [0.25, 0.3) is 66.2 Å². The van der Waals surface area contributed by atoms with Crippen LogP contribution in [-0.4, -0.2) is 91.0 Å². The molecule has 0 saturated carbocycles. The van der Waals surface area contributed by atoms with E-state index in [4.69, 9.17) is 15.3 Å². The van der Waals surface area contributed by atoms with E-state index in [9.17, 15) is 0 Å². The van der Waals surface area contributed by atoms with E-state index in [0.717, 1.165) is 60.5 Å². The summed E-state index contributed by atoms with van der Waals surface area (Å²) >= 11 is 0. The number of furan rings is 2. The lowest BCUT2D eigenvalue weighted by Gasteiger charge is -2.39. The number of para-hydroxylation sites is 2. The first-order valence-electron chi connectivity index (χ1n) is 21.4. The summed E-state index contributed by atoms with van der Waals surface area (Å²) in [5.41, 5.74) is 24.6. The van der Waals surface area contributed by atoms with E-state index in [1.165, 1.54) is 77.2 Å². The lowest BCUT2D eigenvalue weighted by Crippen LogP contribution is -2.52. The molecule has 1 atom stereocenters. The Balaban J connectivity index is 1.21. The number of fused-ring (bicyclic) bond motifs is 6. The van der Waals surface area contributed by atoms with Gasteiger partial charge < -0.3 is 13.7 Å². The van der Waals surface area contributed by atoms with E-state index in [-0.39, 0.29) is 6.04 Å². The molecular weight excluding hydrogens is 731 g/mol. The van der Waals surface area contributed by atoms with E-state index in [1.807, 2.05) is 24.3 Å². The quantitative estimate of drug-likeness (QED) is 0.114. The van der Waals surface area contributed by atoms with Crippen molar-refractivity contribution in [1.29, 1.82) is 0 Å². The Morgan fingerprint density at radius 2 is 1.11 bits per heavy atom. The second-order valence-corrected chi connectivity index (χ2v) is 17.2. The fraction of sp³-hybridized carbons (Fsp3) is 0.0417. The Kier molecular flexibility index (Phi) is 10.4. The summed E-state index contributed by atoms with van der Waals surface area (Å²) in [6.07, 6.45) is 6.24. The molecule has 282 valence electrons. The number of benzene rings is 6. The van der Waals surface area contributed by atoms with Gasteiger partial charge in [0.1, 0.15) is 92.9 Å². The lowest BCUT2D eigenvalue weighted by molar-refractivity contribution is 0.668. The molecular formula is C48H43B10NO2. The Morgan fingerprint density at radius 3 is 1.72 bits per heavy atom. The molecule has 61 heavy (non-hydrogen) atoms. The zero-order chi connectivity index (χ0) is 42.9. The molecule has 1 unspecified atom stereocenters. The molecule has 6 aromatic carbocycles. The second kappa shape index (κ2) is 15.7. The summed E-state index contributed by atoms with van der Waals surface area (Å²) in [5.74, 6) is 3.01. The topological polar surface area (TPSA) is 29.5 Å². The number of hydrogen-bond acceptors (Lipinski definition) is 3. The van der Waals surface area contributed by atoms with Gasteiger partial charge in [0.15, 0.2) is 7.85 Å². The van der Waals surface area contributed by atoms with Crippen LogP contribution in [0.2, 0.25) is 0 Å². The minimum absolute atomic E-state index is 0.0555. The second-order valence-electron chi connectivity index (χ2n) is 17.2. The van der Waals surface area contributed by atoms with Crippen molar-refractivity contribution in [2.24, 2.45) is 0 Å². The van der Waals surface area contributed by atoms with Gasteiger partial charge in [0.25, 0.3) is 0 Å². The third kappa shape index (κ3) is 6.63. The average Bonchev–Trinajstić information content (AvgIpc) is 3.90. The highest BCUT2D eigenvalue weighted by Crippen LogP contribution is 2.40. The van der Waals surface area contributed by atoms with Crippen molar-refractivity contribution in [1.82, 2.24) is 0 Å². The van der Waals surface area contributed by atoms with E-state index >= 15 is 0 Å². The van der Waals surface area contributed by atoms with Crippen LogP contribution in [0.15, 0.2) is 157 Å². The van der Waals surface area contributed by atoms with Crippen molar-refractivity contribution in [3.63, 3.8) is 0 Å². The van der Waals surface area contributed by atoms with Gasteiger partial charge in [-0.3, -0.25) is 0 Å². The maximum atomic E-state index is 6.40. The Hall–Kier alpha value is -6.11. The number of rotatable bonds is 8. The van der Waals surface area contributed by atoms with Gasteiger partial charge in [-0.05, 0) is 75.3 Å². The van der Waals surface area contributed by atoms with Gasteiger partial charge in [0, 0.05) is 33.8 Å². The molecule has 0 amide bonds. The Labute approximate surface area is 368 Å². The van der Waals surface area contributed by atoms with Crippen LogP contribution in [0.4, 0.5) is 5.69 Å². The molecule has 0 N–H and O–H groups in total. The highest BCUT2D eigenvalue weighted by Gasteiger charge is 2.34. The van der Waals surface area contributed by atoms with Crippen LogP contribution in [-0.2, 0) is 0 Å². The lowest BCUT2D eigenvalue weighted by atomic mass is 9.63. The minimum Gasteiger partial charge on any atom is -0.456 e. The fourth-order valence-corrected chi connectivity index (χ4v) is 10.3. The first-order valence-corrected chi connectivity index (χ1v) is 21.4. The first-order chi connectivity index (χ1) is 29.4. The van der Waals surface area contributed by atoms with E-state index < -0.39 is 0 Å². The smallest absolute Gasteiger partial charge is 0.151 e. The van der Waals surface area contributed by atoms with Gasteiger partial charge in [-0.2, -0.15) is 0 Å². The highest BCUT2D eigenvalue weighted by molar-refractivity contribution is 6.63. The van der Waals surface area contributed by atoms with Crippen LogP contribution < -0.4 is 26.8 Å². The van der Waals surface area contributed by atoms with Gasteiger partial charge in [0.2, 0.25) is 0 Å². The maximum absolute atomic E-state index is 6.40. The van der Waals surface area contributed by atoms with Crippen molar-refractivity contribution in [2.75, 3.05) is 11.4 Å². The predicted molar refractivity (Wildman–Crippen MR) is 291 cm³/mol. The third-order valence-electron chi connectivity index (χ3n) is 13.8. The summed E-state index contributed by atoms with van der Waals surface area (Å²) in [6.45, 7) is 0.708. The summed E-state index contributed by atoms with van der Waals surface area (Å²) in [7, 11) is 22.8. The molecule has 1 aliphatic rings. The number of nitrogens with zero attached hydrogens (tertiary/aromatic N) is 1. The molecule has 3 nitrogen and oxygen atoms in total. The largest absolute Gasteiger partial charge is 0.456 e. The standard InChI is InChI=1S/C48H43B10NO2/c1-2-30(49)36(24-16-18-28-26-12-6-8-14-32(26)60-34(28)20-24)39(51)31(50)22-59(47-43(55)37(40(52)44(47)56)23-10-4-3-5-11-23)48-45(57)41(53)38(42(54)46(48)58)25-17-19-29-27-13-7-9-15-33(27)61-35(29)21-25/h1,3-21,47H,22,49-58H2/b36-30+,39-31-. The number of anilines is 1. The van der Waals surface area contributed by atoms with Gasteiger partial charge in [-0.1, -0.05) is 134 Å². The highest BCUT2D eigenvalue weighted by atomic mass is 16.3. The zero-order valence-electron chi connectivity index (χ0n) is 37.1. The number of hydrogen-bond donors (Lipinski definition) is 0. The molecule has 0 saturated heterocycles. The molecule has 0 spiro atoms. The van der Waals surface area contributed by atoms with Crippen molar-refractivity contribution < 1.29 is 8.83 Å². The molecule has 0 fully saturated rings. The van der Waals surface area contributed by atoms with Gasteiger partial charge >= 0.3 is 0 Å². The van der Waals surface area contributed by atoms with Crippen molar-refractivity contribution in [2.45, 2.75) is 6.04 Å². The van der Waals surface area contributed by atoms with E-state index in [2.05, 4.69) is 180 Å². The molecule has 8 aromatic rings. The summed E-state index contributed by atoms with van der Waals surface area (Å²) in [5, 5.41) is 4.52. The first kappa shape index (κ1) is 40.3. The molecule has 1 aliphatic carbocycles. The van der Waals surface area contributed by atoms with Crippen LogP contribution in [0, 0.1) is 12.3 Å².